The van der Waals surface area contributed by atoms with Crippen LogP contribution in [-0.2, 0) is 9.59 Å². The second-order valence-corrected chi connectivity index (χ2v) is 8.32. The topological polar surface area (TPSA) is 37.4 Å². The van der Waals surface area contributed by atoms with Gasteiger partial charge in [0.15, 0.2) is 5.78 Å². The SMILES string of the molecule is CC1(C)CC(=O)C2=C(C1)N(c1cccc(F)c1)C(=O)CC2c1cccc(F)c1. The smallest absolute Gasteiger partial charge is 0.232 e. The maximum absolute atomic E-state index is 13.8. The molecule has 0 aromatic heterocycles. The first-order valence-electron chi connectivity index (χ1n) is 9.35. The van der Waals surface area contributed by atoms with Crippen molar-refractivity contribution in [3.05, 3.63) is 77.0 Å². The Morgan fingerprint density at radius 1 is 0.964 bits per heavy atom. The average molecular weight is 381 g/mol. The molecule has 2 aliphatic rings. The largest absolute Gasteiger partial charge is 0.294 e. The molecular weight excluding hydrogens is 360 g/mol. The molecule has 144 valence electrons. The number of anilines is 1. The summed E-state index contributed by atoms with van der Waals surface area (Å²) in [5.41, 5.74) is 1.88. The van der Waals surface area contributed by atoms with Gasteiger partial charge in [0.25, 0.3) is 0 Å². The zero-order chi connectivity index (χ0) is 20.1. The van der Waals surface area contributed by atoms with E-state index in [-0.39, 0.29) is 23.5 Å². The molecule has 28 heavy (non-hydrogen) atoms. The third-order valence-electron chi connectivity index (χ3n) is 5.46. The van der Waals surface area contributed by atoms with Crippen LogP contribution in [0, 0.1) is 17.0 Å². The van der Waals surface area contributed by atoms with Crippen molar-refractivity contribution in [2.24, 2.45) is 5.41 Å². The third kappa shape index (κ3) is 3.26. The molecule has 1 unspecified atom stereocenters. The van der Waals surface area contributed by atoms with Crippen molar-refractivity contribution in [1.29, 1.82) is 0 Å². The molecular formula is C23H21F2NO2. The normalized spacial score (nSPS) is 21.7. The predicted molar refractivity (Wildman–Crippen MR) is 103 cm³/mol. The summed E-state index contributed by atoms with van der Waals surface area (Å²) in [5.74, 6) is -1.57. The molecule has 0 saturated carbocycles. The summed E-state index contributed by atoms with van der Waals surface area (Å²) in [6, 6.07) is 11.9. The van der Waals surface area contributed by atoms with Crippen molar-refractivity contribution in [3.8, 4) is 0 Å². The number of ketones is 1. The van der Waals surface area contributed by atoms with Crippen LogP contribution < -0.4 is 4.90 Å². The fourth-order valence-corrected chi connectivity index (χ4v) is 4.34. The van der Waals surface area contributed by atoms with Gasteiger partial charge in [-0.2, -0.15) is 0 Å². The number of carbonyl (C=O) groups is 2. The lowest BCUT2D eigenvalue weighted by Gasteiger charge is -2.43. The zero-order valence-corrected chi connectivity index (χ0v) is 15.8. The minimum Gasteiger partial charge on any atom is -0.294 e. The van der Waals surface area contributed by atoms with E-state index in [1.54, 1.807) is 24.3 Å². The van der Waals surface area contributed by atoms with Crippen LogP contribution in [0.15, 0.2) is 59.8 Å². The van der Waals surface area contributed by atoms with E-state index in [0.29, 0.717) is 35.4 Å². The van der Waals surface area contributed by atoms with Crippen LogP contribution in [0.1, 0.15) is 44.6 Å². The second-order valence-electron chi connectivity index (χ2n) is 8.32. The van der Waals surface area contributed by atoms with E-state index in [9.17, 15) is 18.4 Å². The van der Waals surface area contributed by atoms with Crippen molar-refractivity contribution in [2.45, 2.75) is 39.0 Å². The number of nitrogens with zero attached hydrogens (tertiary/aromatic N) is 1. The number of benzene rings is 2. The number of halogens is 2. The predicted octanol–water partition coefficient (Wildman–Crippen LogP) is 5.13. The van der Waals surface area contributed by atoms with E-state index in [2.05, 4.69) is 0 Å². The van der Waals surface area contributed by atoms with E-state index >= 15 is 0 Å². The molecule has 0 spiro atoms. The molecule has 5 heteroatoms. The van der Waals surface area contributed by atoms with Crippen molar-refractivity contribution >= 4 is 17.4 Å². The maximum Gasteiger partial charge on any atom is 0.232 e. The number of allylic oxidation sites excluding steroid dienone is 2. The van der Waals surface area contributed by atoms with Crippen LogP contribution in [0.5, 0.6) is 0 Å². The molecule has 4 rings (SSSR count). The quantitative estimate of drug-likeness (QED) is 0.723. The molecule has 2 aromatic carbocycles. The van der Waals surface area contributed by atoms with Gasteiger partial charge in [0.05, 0.1) is 5.69 Å². The lowest BCUT2D eigenvalue weighted by molar-refractivity contribution is -0.121. The molecule has 1 amide bonds. The first-order chi connectivity index (χ1) is 13.2. The van der Waals surface area contributed by atoms with Gasteiger partial charge >= 0.3 is 0 Å². The third-order valence-corrected chi connectivity index (χ3v) is 5.46. The average Bonchev–Trinajstić information content (AvgIpc) is 2.59. The highest BCUT2D eigenvalue weighted by atomic mass is 19.1. The summed E-state index contributed by atoms with van der Waals surface area (Å²) < 4.78 is 27.6. The van der Waals surface area contributed by atoms with Crippen LogP contribution in [0.4, 0.5) is 14.5 Å². The molecule has 0 fully saturated rings. The highest BCUT2D eigenvalue weighted by Gasteiger charge is 2.44. The van der Waals surface area contributed by atoms with Gasteiger partial charge in [-0.05, 0) is 47.7 Å². The molecule has 0 bridgehead atoms. The van der Waals surface area contributed by atoms with Crippen molar-refractivity contribution in [3.63, 3.8) is 0 Å². The Morgan fingerprint density at radius 3 is 2.32 bits per heavy atom. The molecule has 2 aromatic rings. The van der Waals surface area contributed by atoms with E-state index in [0.717, 1.165) is 0 Å². The zero-order valence-electron chi connectivity index (χ0n) is 15.8. The lowest BCUT2D eigenvalue weighted by Crippen LogP contribution is -2.43. The number of rotatable bonds is 2. The van der Waals surface area contributed by atoms with Crippen LogP contribution in [0.3, 0.4) is 0 Å². The Labute approximate surface area is 162 Å². The molecule has 0 N–H and O–H groups in total. The summed E-state index contributed by atoms with van der Waals surface area (Å²) in [6.45, 7) is 3.96. The summed E-state index contributed by atoms with van der Waals surface area (Å²) in [5, 5.41) is 0. The van der Waals surface area contributed by atoms with Gasteiger partial charge in [-0.15, -0.1) is 0 Å². The summed E-state index contributed by atoms with van der Waals surface area (Å²) >= 11 is 0. The van der Waals surface area contributed by atoms with Crippen LogP contribution in [0.25, 0.3) is 0 Å². The molecule has 1 aliphatic heterocycles. The van der Waals surface area contributed by atoms with Crippen LogP contribution >= 0.6 is 0 Å². The van der Waals surface area contributed by atoms with E-state index in [1.165, 1.54) is 29.2 Å². The van der Waals surface area contributed by atoms with Crippen LogP contribution in [0.2, 0.25) is 0 Å². The lowest BCUT2D eigenvalue weighted by atomic mass is 9.69. The van der Waals surface area contributed by atoms with Gasteiger partial charge in [0.1, 0.15) is 11.6 Å². The van der Waals surface area contributed by atoms with Gasteiger partial charge in [0.2, 0.25) is 5.91 Å². The first kappa shape index (κ1) is 18.5. The molecule has 0 radical (unpaired) electrons. The Hall–Kier alpha value is -2.82. The van der Waals surface area contributed by atoms with Crippen LogP contribution in [-0.4, -0.2) is 11.7 Å². The number of Topliss-reactive ketones (excluding diaryl/α,β-unsaturated/α-hetero) is 1. The number of carbonyl (C=O) groups excluding carboxylic acids is 2. The minimum atomic E-state index is -0.480. The maximum atomic E-state index is 13.8. The first-order valence-corrected chi connectivity index (χ1v) is 9.35. The summed E-state index contributed by atoms with van der Waals surface area (Å²) in [6.07, 6.45) is 0.927. The standard InChI is InChI=1S/C23H21F2NO2/c1-23(2)12-19-22(20(27)13-23)18(14-5-3-6-15(24)9-14)11-21(28)26(19)17-8-4-7-16(25)10-17/h3-10,18H,11-13H2,1-2H3. The molecule has 0 saturated heterocycles. The van der Waals surface area contributed by atoms with Gasteiger partial charge < -0.3 is 0 Å². The van der Waals surface area contributed by atoms with Gasteiger partial charge in [-0.1, -0.05) is 32.0 Å². The van der Waals surface area contributed by atoms with Gasteiger partial charge in [0, 0.05) is 30.0 Å². The van der Waals surface area contributed by atoms with Gasteiger partial charge in [-0.3, -0.25) is 14.5 Å². The molecule has 1 aliphatic carbocycles. The van der Waals surface area contributed by atoms with Crippen molar-refractivity contribution in [1.82, 2.24) is 0 Å². The Bertz CT molecular complexity index is 1010. The Morgan fingerprint density at radius 2 is 1.64 bits per heavy atom. The van der Waals surface area contributed by atoms with Gasteiger partial charge in [-0.25, -0.2) is 8.78 Å². The second kappa shape index (κ2) is 6.66. The number of hydrogen-bond donors (Lipinski definition) is 0. The van der Waals surface area contributed by atoms with Crippen molar-refractivity contribution in [2.75, 3.05) is 4.90 Å². The van der Waals surface area contributed by atoms with E-state index < -0.39 is 17.6 Å². The fourth-order valence-electron chi connectivity index (χ4n) is 4.34. The van der Waals surface area contributed by atoms with Crippen molar-refractivity contribution < 1.29 is 18.4 Å². The summed E-state index contributed by atoms with van der Waals surface area (Å²) in [7, 11) is 0. The highest BCUT2D eigenvalue weighted by molar-refractivity contribution is 6.07. The Balaban J connectivity index is 1.91. The number of amides is 1. The monoisotopic (exact) mass is 381 g/mol. The minimum absolute atomic E-state index is 0.0329. The molecule has 1 atom stereocenters. The van der Waals surface area contributed by atoms with E-state index in [1.807, 2.05) is 13.8 Å². The summed E-state index contributed by atoms with van der Waals surface area (Å²) in [4.78, 5) is 27.7. The molecule has 1 heterocycles. The van der Waals surface area contributed by atoms with E-state index in [4.69, 9.17) is 0 Å². The molecule has 3 nitrogen and oxygen atoms in total. The Kier molecular flexibility index (Phi) is 4.41. The highest BCUT2D eigenvalue weighted by Crippen LogP contribution is 2.48. The number of hydrogen-bond acceptors (Lipinski definition) is 2. The fraction of sp³-hybridized carbons (Fsp3) is 0.304.